The van der Waals surface area contributed by atoms with Crippen LogP contribution in [-0.4, -0.2) is 53.4 Å². The Morgan fingerprint density at radius 2 is 1.86 bits per heavy atom. The number of ether oxygens (including phenoxy) is 1. The Kier molecular flexibility index (Phi) is 7.66. The van der Waals surface area contributed by atoms with E-state index in [9.17, 15) is 14.4 Å². The van der Waals surface area contributed by atoms with Gasteiger partial charge in [0.2, 0.25) is 5.91 Å². The number of hydrogen-bond donors (Lipinski definition) is 2. The molecule has 1 aromatic rings. The summed E-state index contributed by atoms with van der Waals surface area (Å²) in [5, 5.41) is 2.91. The maximum atomic E-state index is 13.0. The van der Waals surface area contributed by atoms with Gasteiger partial charge in [-0.05, 0) is 58.4 Å². The molecule has 7 nitrogen and oxygen atoms in total. The van der Waals surface area contributed by atoms with Gasteiger partial charge in [-0.25, -0.2) is 4.79 Å². The lowest BCUT2D eigenvalue weighted by atomic mass is 9.93. The molecule has 0 spiro atoms. The summed E-state index contributed by atoms with van der Waals surface area (Å²) in [6, 6.07) is 0. The molecule has 0 saturated carbocycles. The van der Waals surface area contributed by atoms with Crippen molar-refractivity contribution in [3.8, 4) is 0 Å². The number of nitrogens with zero attached hydrogens (tertiary/aromatic N) is 1. The molecule has 2 heterocycles. The Balaban J connectivity index is 1.98. The fourth-order valence-corrected chi connectivity index (χ4v) is 3.64. The summed E-state index contributed by atoms with van der Waals surface area (Å²) in [5.74, 6) is -0.102. The van der Waals surface area contributed by atoms with Gasteiger partial charge in [0.1, 0.15) is 5.69 Å². The molecule has 1 aliphatic heterocycles. The van der Waals surface area contributed by atoms with E-state index < -0.39 is 5.97 Å². The van der Waals surface area contributed by atoms with Crippen molar-refractivity contribution < 1.29 is 19.1 Å². The highest BCUT2D eigenvalue weighted by Gasteiger charge is 2.29. The first-order valence-electron chi connectivity index (χ1n) is 10.2. The van der Waals surface area contributed by atoms with Crippen LogP contribution >= 0.6 is 0 Å². The summed E-state index contributed by atoms with van der Waals surface area (Å²) in [6.45, 7) is 11.1. The molecule has 2 rings (SSSR count). The minimum atomic E-state index is -0.405. The second kappa shape index (κ2) is 9.75. The van der Waals surface area contributed by atoms with Crippen LogP contribution in [0.1, 0.15) is 78.6 Å². The van der Waals surface area contributed by atoms with Gasteiger partial charge in [-0.1, -0.05) is 6.92 Å². The number of aryl methyl sites for hydroxylation is 1. The van der Waals surface area contributed by atoms with Gasteiger partial charge in [0.05, 0.1) is 11.7 Å². The van der Waals surface area contributed by atoms with Gasteiger partial charge >= 0.3 is 5.97 Å². The van der Waals surface area contributed by atoms with Crippen molar-refractivity contribution in [2.75, 3.05) is 19.6 Å². The molecule has 2 amide bonds. The van der Waals surface area contributed by atoms with E-state index in [4.69, 9.17) is 4.74 Å². The van der Waals surface area contributed by atoms with Gasteiger partial charge in [-0.15, -0.1) is 0 Å². The van der Waals surface area contributed by atoms with E-state index in [1.165, 1.54) is 0 Å². The number of aromatic nitrogens is 1. The summed E-state index contributed by atoms with van der Waals surface area (Å²) < 4.78 is 5.29. The topological polar surface area (TPSA) is 91.5 Å². The average Bonchev–Trinajstić information content (AvgIpc) is 2.93. The number of rotatable bonds is 7. The summed E-state index contributed by atoms with van der Waals surface area (Å²) in [4.78, 5) is 42.1. The zero-order valence-electron chi connectivity index (χ0n) is 17.7. The normalized spacial score (nSPS) is 15.0. The van der Waals surface area contributed by atoms with Crippen LogP contribution in [-0.2, 0) is 9.53 Å². The summed E-state index contributed by atoms with van der Waals surface area (Å²) in [7, 11) is 0. The van der Waals surface area contributed by atoms with E-state index >= 15 is 0 Å². The van der Waals surface area contributed by atoms with E-state index in [1.807, 2.05) is 6.92 Å². The molecule has 1 aliphatic rings. The van der Waals surface area contributed by atoms with Gasteiger partial charge in [0, 0.05) is 31.7 Å². The van der Waals surface area contributed by atoms with E-state index in [2.05, 4.69) is 10.3 Å². The zero-order chi connectivity index (χ0) is 20.8. The Morgan fingerprint density at radius 1 is 1.21 bits per heavy atom. The SMILES string of the molecule is CCCNC(=O)CC1CCN(C(=O)c2[nH]c(C)c(C(=O)OC(C)C)c2C)CC1. The van der Waals surface area contributed by atoms with E-state index in [0.29, 0.717) is 54.5 Å². The summed E-state index contributed by atoms with van der Waals surface area (Å²) >= 11 is 0. The van der Waals surface area contributed by atoms with Gasteiger partial charge in [0.25, 0.3) is 5.91 Å². The molecule has 0 radical (unpaired) electrons. The van der Waals surface area contributed by atoms with Gasteiger partial charge < -0.3 is 19.9 Å². The Hall–Kier alpha value is -2.31. The predicted molar refractivity (Wildman–Crippen MR) is 107 cm³/mol. The molecule has 156 valence electrons. The van der Waals surface area contributed by atoms with Crippen LogP contribution in [0.2, 0.25) is 0 Å². The number of likely N-dealkylation sites (tertiary alicyclic amines) is 1. The van der Waals surface area contributed by atoms with E-state index in [1.54, 1.807) is 32.6 Å². The molecule has 7 heteroatoms. The zero-order valence-corrected chi connectivity index (χ0v) is 17.7. The molecule has 1 aromatic heterocycles. The number of esters is 1. The van der Waals surface area contributed by atoms with Crippen molar-refractivity contribution in [3.05, 3.63) is 22.5 Å². The third kappa shape index (κ3) is 5.36. The standard InChI is InChI=1S/C21H33N3O4/c1-6-9-22-17(25)12-16-7-10-24(11-8-16)20(26)19-14(4)18(15(5)23-19)21(27)28-13(2)3/h13,16,23H,6-12H2,1-5H3,(H,22,25). The number of carbonyl (C=O) groups is 3. The molecule has 1 saturated heterocycles. The second-order valence-corrected chi connectivity index (χ2v) is 7.87. The lowest BCUT2D eigenvalue weighted by Gasteiger charge is -2.31. The fraction of sp³-hybridized carbons (Fsp3) is 0.667. The molecule has 0 aromatic carbocycles. The molecule has 0 bridgehead atoms. The highest BCUT2D eigenvalue weighted by atomic mass is 16.5. The van der Waals surface area contributed by atoms with Crippen LogP contribution in [0.4, 0.5) is 0 Å². The van der Waals surface area contributed by atoms with Crippen molar-refractivity contribution in [1.82, 2.24) is 15.2 Å². The average molecular weight is 392 g/mol. The molecular formula is C21H33N3O4. The van der Waals surface area contributed by atoms with Crippen molar-refractivity contribution in [2.24, 2.45) is 5.92 Å². The van der Waals surface area contributed by atoms with Crippen molar-refractivity contribution in [3.63, 3.8) is 0 Å². The smallest absolute Gasteiger partial charge is 0.340 e. The fourth-order valence-electron chi connectivity index (χ4n) is 3.64. The lowest BCUT2D eigenvalue weighted by Crippen LogP contribution is -2.40. The van der Waals surface area contributed by atoms with Gasteiger partial charge in [0.15, 0.2) is 0 Å². The first-order chi connectivity index (χ1) is 13.2. The highest BCUT2D eigenvalue weighted by molar-refractivity contribution is 6.00. The third-order valence-electron chi connectivity index (χ3n) is 5.15. The summed E-state index contributed by atoms with van der Waals surface area (Å²) in [6.07, 6.45) is 2.86. The van der Waals surface area contributed by atoms with E-state index in [-0.39, 0.29) is 17.9 Å². The number of carbonyl (C=O) groups excluding carboxylic acids is 3. The molecule has 28 heavy (non-hydrogen) atoms. The molecule has 1 fully saturated rings. The van der Waals surface area contributed by atoms with Crippen molar-refractivity contribution in [1.29, 1.82) is 0 Å². The lowest BCUT2D eigenvalue weighted by molar-refractivity contribution is -0.122. The van der Waals surface area contributed by atoms with Crippen LogP contribution in [0.25, 0.3) is 0 Å². The largest absolute Gasteiger partial charge is 0.459 e. The first-order valence-corrected chi connectivity index (χ1v) is 10.2. The van der Waals surface area contributed by atoms with Crippen molar-refractivity contribution >= 4 is 17.8 Å². The minimum absolute atomic E-state index is 0.0933. The number of aromatic amines is 1. The number of piperidine rings is 1. The number of H-pyrrole nitrogens is 1. The highest BCUT2D eigenvalue weighted by Crippen LogP contribution is 2.25. The molecular weight excluding hydrogens is 358 g/mol. The van der Waals surface area contributed by atoms with E-state index in [0.717, 1.165) is 19.3 Å². The van der Waals surface area contributed by atoms with Crippen LogP contribution in [0.3, 0.4) is 0 Å². The maximum Gasteiger partial charge on any atom is 0.340 e. The molecule has 0 aliphatic carbocycles. The minimum Gasteiger partial charge on any atom is -0.459 e. The first kappa shape index (κ1) is 22.0. The predicted octanol–water partition coefficient (Wildman–Crippen LogP) is 2.97. The number of nitrogens with one attached hydrogen (secondary N) is 2. The van der Waals surface area contributed by atoms with Crippen LogP contribution in [0, 0.1) is 19.8 Å². The third-order valence-corrected chi connectivity index (χ3v) is 5.15. The van der Waals surface area contributed by atoms with Crippen molar-refractivity contribution in [2.45, 2.75) is 66.4 Å². The Morgan fingerprint density at radius 3 is 2.43 bits per heavy atom. The van der Waals surface area contributed by atoms with Gasteiger partial charge in [-0.3, -0.25) is 9.59 Å². The quantitative estimate of drug-likeness (QED) is 0.699. The Bertz CT molecular complexity index is 715. The van der Waals surface area contributed by atoms with Crippen LogP contribution in [0.5, 0.6) is 0 Å². The Labute approximate surface area is 167 Å². The van der Waals surface area contributed by atoms with Crippen LogP contribution < -0.4 is 5.32 Å². The number of hydrogen-bond acceptors (Lipinski definition) is 4. The maximum absolute atomic E-state index is 13.0. The summed E-state index contributed by atoms with van der Waals surface area (Å²) in [5.41, 5.74) is 2.18. The van der Waals surface area contributed by atoms with Gasteiger partial charge in [-0.2, -0.15) is 0 Å². The molecule has 2 N–H and O–H groups in total. The number of amides is 2. The molecule has 0 atom stereocenters. The van der Waals surface area contributed by atoms with Crippen LogP contribution in [0.15, 0.2) is 0 Å². The monoisotopic (exact) mass is 391 g/mol. The molecule has 0 unspecified atom stereocenters. The second-order valence-electron chi connectivity index (χ2n) is 7.87.